The van der Waals surface area contributed by atoms with Crippen LogP contribution in [-0.2, 0) is 4.79 Å². The molecule has 2 N–H and O–H groups in total. The zero-order valence-electron chi connectivity index (χ0n) is 19.2. The lowest BCUT2D eigenvalue weighted by Crippen LogP contribution is -2.54. The largest absolute Gasteiger partial charge is 0.454 e. The van der Waals surface area contributed by atoms with Gasteiger partial charge in [-0.15, -0.1) is 0 Å². The van der Waals surface area contributed by atoms with Crippen molar-refractivity contribution in [1.82, 2.24) is 15.5 Å². The van der Waals surface area contributed by atoms with E-state index in [0.29, 0.717) is 48.6 Å². The Kier molecular flexibility index (Phi) is 6.13. The second kappa shape index (κ2) is 9.37. The number of nitrogens with zero attached hydrogens (tertiary/aromatic N) is 1. The molecular formula is C26H29N3O5. The molecule has 1 atom stereocenters. The van der Waals surface area contributed by atoms with Gasteiger partial charge in [-0.3, -0.25) is 14.4 Å². The van der Waals surface area contributed by atoms with Crippen LogP contribution in [0.5, 0.6) is 11.5 Å². The van der Waals surface area contributed by atoms with Gasteiger partial charge in [-0.25, -0.2) is 0 Å². The molecule has 0 aromatic heterocycles. The molecule has 1 aliphatic carbocycles. The molecule has 2 fully saturated rings. The number of aryl methyl sites for hydroxylation is 1. The van der Waals surface area contributed by atoms with Crippen LogP contribution in [0.4, 0.5) is 0 Å². The van der Waals surface area contributed by atoms with Gasteiger partial charge in [0, 0.05) is 30.3 Å². The molecule has 0 radical (unpaired) electrons. The Balaban J connectivity index is 1.24. The Morgan fingerprint density at radius 2 is 1.59 bits per heavy atom. The fourth-order valence-electron chi connectivity index (χ4n) is 4.49. The number of ether oxygens (including phenoxy) is 2. The van der Waals surface area contributed by atoms with Crippen molar-refractivity contribution in [2.24, 2.45) is 5.92 Å². The number of fused-ring (bicyclic) bond motifs is 1. The van der Waals surface area contributed by atoms with Gasteiger partial charge in [0.15, 0.2) is 11.5 Å². The molecule has 178 valence electrons. The summed E-state index contributed by atoms with van der Waals surface area (Å²) in [7, 11) is 0. The molecule has 5 rings (SSSR count). The Hall–Kier alpha value is -3.55. The van der Waals surface area contributed by atoms with Crippen molar-refractivity contribution in [3.8, 4) is 11.5 Å². The SMILES string of the molecule is Cc1ccc(C(=O)NC(C(=O)NC2CC2)C2CCN(C(=O)c3ccc4c(c3)OCO4)CC2)cc1. The van der Waals surface area contributed by atoms with E-state index in [-0.39, 0.29) is 36.5 Å². The van der Waals surface area contributed by atoms with Crippen molar-refractivity contribution in [2.45, 2.75) is 44.7 Å². The van der Waals surface area contributed by atoms with Gasteiger partial charge in [-0.2, -0.15) is 0 Å². The standard InChI is InChI=1S/C26H29N3O5/c1-16-2-4-18(5-3-16)24(30)28-23(25(31)27-20-7-8-20)17-10-12-29(13-11-17)26(32)19-6-9-21-22(14-19)34-15-33-21/h2-6,9,14,17,20,23H,7-8,10-13,15H2,1H3,(H,27,31)(H,28,30). The molecule has 2 aromatic carbocycles. The number of benzene rings is 2. The first-order chi connectivity index (χ1) is 16.5. The van der Waals surface area contributed by atoms with Crippen LogP contribution in [0, 0.1) is 12.8 Å². The highest BCUT2D eigenvalue weighted by Gasteiger charge is 2.36. The third kappa shape index (κ3) is 4.85. The maximum atomic E-state index is 13.0. The van der Waals surface area contributed by atoms with Crippen LogP contribution in [0.3, 0.4) is 0 Å². The fourth-order valence-corrected chi connectivity index (χ4v) is 4.49. The summed E-state index contributed by atoms with van der Waals surface area (Å²) in [6.07, 6.45) is 3.22. The van der Waals surface area contributed by atoms with Gasteiger partial charge < -0.3 is 25.0 Å². The van der Waals surface area contributed by atoms with Crippen molar-refractivity contribution in [3.05, 3.63) is 59.2 Å². The van der Waals surface area contributed by atoms with Gasteiger partial charge in [0.1, 0.15) is 6.04 Å². The lowest BCUT2D eigenvalue weighted by atomic mass is 9.88. The number of rotatable bonds is 6. The molecule has 1 saturated carbocycles. The van der Waals surface area contributed by atoms with E-state index in [0.717, 1.165) is 18.4 Å². The van der Waals surface area contributed by atoms with Crippen LogP contribution in [0.2, 0.25) is 0 Å². The molecule has 3 amide bonds. The highest BCUT2D eigenvalue weighted by Crippen LogP contribution is 2.33. The summed E-state index contributed by atoms with van der Waals surface area (Å²) >= 11 is 0. The van der Waals surface area contributed by atoms with Crippen LogP contribution in [0.25, 0.3) is 0 Å². The molecule has 8 nitrogen and oxygen atoms in total. The first-order valence-corrected chi connectivity index (χ1v) is 11.8. The Bertz CT molecular complexity index is 1090. The predicted molar refractivity (Wildman–Crippen MR) is 125 cm³/mol. The number of likely N-dealkylation sites (tertiary alicyclic amines) is 1. The fraction of sp³-hybridized carbons (Fsp3) is 0.423. The lowest BCUT2D eigenvalue weighted by molar-refractivity contribution is -0.124. The minimum atomic E-state index is -0.628. The summed E-state index contributed by atoms with van der Waals surface area (Å²) in [4.78, 5) is 40.7. The maximum absolute atomic E-state index is 13.0. The van der Waals surface area contributed by atoms with E-state index in [2.05, 4.69) is 10.6 Å². The first-order valence-electron chi connectivity index (χ1n) is 11.8. The number of amides is 3. The quantitative estimate of drug-likeness (QED) is 0.687. The average molecular weight is 464 g/mol. The first kappa shape index (κ1) is 22.3. The van der Waals surface area contributed by atoms with E-state index in [4.69, 9.17) is 9.47 Å². The molecular weight excluding hydrogens is 434 g/mol. The molecule has 3 aliphatic rings. The van der Waals surface area contributed by atoms with E-state index in [1.807, 2.05) is 19.1 Å². The Labute approximate surface area is 198 Å². The summed E-state index contributed by atoms with van der Waals surface area (Å²) in [5.74, 6) is 0.715. The van der Waals surface area contributed by atoms with Crippen molar-refractivity contribution in [2.75, 3.05) is 19.9 Å². The normalized spacial score (nSPS) is 18.3. The second-order valence-corrected chi connectivity index (χ2v) is 9.30. The van der Waals surface area contributed by atoms with E-state index < -0.39 is 6.04 Å². The molecule has 2 heterocycles. The third-order valence-corrected chi connectivity index (χ3v) is 6.72. The highest BCUT2D eigenvalue weighted by molar-refractivity contribution is 5.98. The van der Waals surface area contributed by atoms with Crippen LogP contribution >= 0.6 is 0 Å². The second-order valence-electron chi connectivity index (χ2n) is 9.30. The molecule has 34 heavy (non-hydrogen) atoms. The van der Waals surface area contributed by atoms with E-state index in [1.54, 1.807) is 35.2 Å². The summed E-state index contributed by atoms with van der Waals surface area (Å²) in [5.41, 5.74) is 2.16. The van der Waals surface area contributed by atoms with Gasteiger partial charge >= 0.3 is 0 Å². The van der Waals surface area contributed by atoms with Gasteiger partial charge in [0.2, 0.25) is 12.7 Å². The van der Waals surface area contributed by atoms with Crippen LogP contribution < -0.4 is 20.1 Å². The molecule has 0 bridgehead atoms. The van der Waals surface area contributed by atoms with Gasteiger partial charge in [0.25, 0.3) is 11.8 Å². The van der Waals surface area contributed by atoms with Crippen molar-refractivity contribution in [1.29, 1.82) is 0 Å². The number of nitrogens with one attached hydrogen (secondary N) is 2. The number of carbonyl (C=O) groups is 3. The number of piperidine rings is 1. The number of hydrogen-bond donors (Lipinski definition) is 2. The van der Waals surface area contributed by atoms with E-state index in [1.165, 1.54) is 0 Å². The zero-order chi connectivity index (χ0) is 23.7. The van der Waals surface area contributed by atoms with Gasteiger partial charge in [0.05, 0.1) is 0 Å². The van der Waals surface area contributed by atoms with E-state index >= 15 is 0 Å². The Morgan fingerprint density at radius 1 is 0.912 bits per heavy atom. The van der Waals surface area contributed by atoms with Gasteiger partial charge in [-0.1, -0.05) is 17.7 Å². The number of hydrogen-bond acceptors (Lipinski definition) is 5. The predicted octanol–water partition coefficient (Wildman–Crippen LogP) is 2.65. The molecule has 2 aromatic rings. The van der Waals surface area contributed by atoms with Crippen molar-refractivity contribution in [3.63, 3.8) is 0 Å². The van der Waals surface area contributed by atoms with Crippen LogP contribution in [0.15, 0.2) is 42.5 Å². The molecule has 1 unspecified atom stereocenters. The minimum Gasteiger partial charge on any atom is -0.454 e. The maximum Gasteiger partial charge on any atom is 0.253 e. The zero-order valence-corrected chi connectivity index (χ0v) is 19.2. The molecule has 1 saturated heterocycles. The summed E-state index contributed by atoms with van der Waals surface area (Å²) < 4.78 is 10.7. The molecule has 0 spiro atoms. The topological polar surface area (TPSA) is 97.0 Å². The minimum absolute atomic E-state index is 0.0473. The van der Waals surface area contributed by atoms with Crippen LogP contribution in [0.1, 0.15) is 52.0 Å². The molecule has 2 aliphatic heterocycles. The van der Waals surface area contributed by atoms with Crippen LogP contribution in [-0.4, -0.2) is 54.6 Å². The average Bonchev–Trinajstić information content (AvgIpc) is 3.54. The summed E-state index contributed by atoms with van der Waals surface area (Å²) in [5, 5.41) is 6.02. The van der Waals surface area contributed by atoms with Crippen molar-refractivity contribution >= 4 is 17.7 Å². The van der Waals surface area contributed by atoms with Gasteiger partial charge in [-0.05, 0) is 68.9 Å². The Morgan fingerprint density at radius 3 is 2.29 bits per heavy atom. The summed E-state index contributed by atoms with van der Waals surface area (Å²) in [6.45, 7) is 3.17. The van der Waals surface area contributed by atoms with Crippen molar-refractivity contribution < 1.29 is 23.9 Å². The number of carbonyl (C=O) groups excluding carboxylic acids is 3. The lowest BCUT2D eigenvalue weighted by Gasteiger charge is -2.36. The highest BCUT2D eigenvalue weighted by atomic mass is 16.7. The molecule has 8 heteroatoms. The third-order valence-electron chi connectivity index (χ3n) is 6.72. The monoisotopic (exact) mass is 463 g/mol. The summed E-state index contributed by atoms with van der Waals surface area (Å²) in [6, 6.07) is 12.1. The van der Waals surface area contributed by atoms with E-state index in [9.17, 15) is 14.4 Å². The smallest absolute Gasteiger partial charge is 0.253 e.